The van der Waals surface area contributed by atoms with Crippen LogP contribution in [0.2, 0.25) is 0 Å². The van der Waals surface area contributed by atoms with E-state index in [9.17, 15) is 4.79 Å². The number of hydrogen-bond donors (Lipinski definition) is 3. The number of amides is 1. The number of aliphatic imine (C=N–C) groups is 1. The Labute approximate surface area is 153 Å². The summed E-state index contributed by atoms with van der Waals surface area (Å²) in [7, 11) is 1.77. The van der Waals surface area contributed by atoms with Gasteiger partial charge >= 0.3 is 0 Å². The first-order valence-corrected chi connectivity index (χ1v) is 9.69. The van der Waals surface area contributed by atoms with Crippen LogP contribution < -0.4 is 16.0 Å². The summed E-state index contributed by atoms with van der Waals surface area (Å²) >= 11 is 0. The predicted molar refractivity (Wildman–Crippen MR) is 104 cm³/mol. The summed E-state index contributed by atoms with van der Waals surface area (Å²) in [4.78, 5) is 16.4. The average molecular weight is 355 g/mol. The average Bonchev–Trinajstić information content (AvgIpc) is 3.04. The van der Waals surface area contributed by atoms with Crippen molar-refractivity contribution in [3.05, 3.63) is 0 Å². The largest absolute Gasteiger partial charge is 0.382 e. The van der Waals surface area contributed by atoms with Crippen LogP contribution in [-0.2, 0) is 9.53 Å². The highest BCUT2D eigenvalue weighted by molar-refractivity contribution is 5.84. The second-order valence-corrected chi connectivity index (χ2v) is 7.68. The van der Waals surface area contributed by atoms with Gasteiger partial charge in [-0.3, -0.25) is 9.79 Å². The third kappa shape index (κ3) is 7.22. The van der Waals surface area contributed by atoms with Crippen LogP contribution in [0.4, 0.5) is 0 Å². The van der Waals surface area contributed by atoms with Crippen molar-refractivity contribution in [2.24, 2.45) is 15.8 Å². The molecule has 0 aromatic heterocycles. The highest BCUT2D eigenvalue weighted by Crippen LogP contribution is 2.40. The fourth-order valence-electron chi connectivity index (χ4n) is 3.35. The van der Waals surface area contributed by atoms with Crippen LogP contribution in [-0.4, -0.2) is 51.8 Å². The molecule has 0 atom stereocenters. The lowest BCUT2D eigenvalue weighted by Gasteiger charge is -2.31. The Bertz CT molecular complexity index is 429. The molecule has 1 aliphatic rings. The minimum Gasteiger partial charge on any atom is -0.382 e. The lowest BCUT2D eigenvalue weighted by molar-refractivity contribution is -0.128. The molecule has 1 aliphatic carbocycles. The van der Waals surface area contributed by atoms with Crippen LogP contribution in [0.15, 0.2) is 4.99 Å². The minimum atomic E-state index is -0.479. The molecular formula is C19H38N4O2. The molecule has 0 unspecified atom stereocenters. The smallest absolute Gasteiger partial charge is 0.227 e. The SMILES string of the molecule is CCNC(=O)C(C)(C)CNC(=NC)NCC1(CCOCC)CCCC1. The van der Waals surface area contributed by atoms with E-state index in [-0.39, 0.29) is 5.91 Å². The van der Waals surface area contributed by atoms with E-state index in [1.165, 1.54) is 25.7 Å². The Morgan fingerprint density at radius 3 is 2.40 bits per heavy atom. The molecule has 0 aromatic carbocycles. The normalized spacial score (nSPS) is 17.4. The van der Waals surface area contributed by atoms with Crippen molar-refractivity contribution in [3.63, 3.8) is 0 Å². The highest BCUT2D eigenvalue weighted by atomic mass is 16.5. The Morgan fingerprint density at radius 2 is 1.84 bits per heavy atom. The van der Waals surface area contributed by atoms with Gasteiger partial charge in [0.1, 0.15) is 0 Å². The van der Waals surface area contributed by atoms with Crippen LogP contribution in [0.1, 0.15) is 59.8 Å². The molecule has 1 saturated carbocycles. The lowest BCUT2D eigenvalue weighted by atomic mass is 9.83. The molecule has 6 heteroatoms. The number of nitrogens with zero attached hydrogens (tertiary/aromatic N) is 1. The first kappa shape index (κ1) is 21.7. The van der Waals surface area contributed by atoms with Crippen molar-refractivity contribution in [2.75, 3.05) is 39.9 Å². The molecular weight excluding hydrogens is 316 g/mol. The zero-order chi connectivity index (χ0) is 18.8. The topological polar surface area (TPSA) is 74.8 Å². The molecule has 3 N–H and O–H groups in total. The van der Waals surface area contributed by atoms with Gasteiger partial charge in [0.05, 0.1) is 5.41 Å². The summed E-state index contributed by atoms with van der Waals surface area (Å²) in [6.45, 7) is 11.6. The molecule has 146 valence electrons. The third-order valence-corrected chi connectivity index (χ3v) is 5.15. The molecule has 0 saturated heterocycles. The molecule has 1 rings (SSSR count). The summed E-state index contributed by atoms with van der Waals surface area (Å²) < 4.78 is 5.58. The number of guanidine groups is 1. The van der Waals surface area contributed by atoms with Gasteiger partial charge in [-0.05, 0) is 52.4 Å². The van der Waals surface area contributed by atoms with Gasteiger partial charge in [0.2, 0.25) is 5.91 Å². The van der Waals surface area contributed by atoms with Crippen molar-refractivity contribution < 1.29 is 9.53 Å². The van der Waals surface area contributed by atoms with Crippen LogP contribution in [0, 0.1) is 10.8 Å². The molecule has 0 spiro atoms. The summed E-state index contributed by atoms with van der Waals surface area (Å²) in [5.74, 6) is 0.821. The second kappa shape index (κ2) is 10.6. The molecule has 25 heavy (non-hydrogen) atoms. The van der Waals surface area contributed by atoms with Crippen molar-refractivity contribution in [2.45, 2.75) is 59.8 Å². The fourth-order valence-corrected chi connectivity index (χ4v) is 3.35. The molecule has 1 amide bonds. The van der Waals surface area contributed by atoms with Gasteiger partial charge in [0.15, 0.2) is 5.96 Å². The number of carbonyl (C=O) groups is 1. The van der Waals surface area contributed by atoms with Gasteiger partial charge in [-0.25, -0.2) is 0 Å². The first-order valence-electron chi connectivity index (χ1n) is 9.69. The maximum atomic E-state index is 12.1. The van der Waals surface area contributed by atoms with E-state index >= 15 is 0 Å². The Kier molecular flexibility index (Phi) is 9.25. The van der Waals surface area contributed by atoms with Crippen molar-refractivity contribution >= 4 is 11.9 Å². The minimum absolute atomic E-state index is 0.0573. The zero-order valence-corrected chi connectivity index (χ0v) is 16.8. The Balaban J connectivity index is 2.50. The van der Waals surface area contributed by atoms with Crippen molar-refractivity contribution in [1.29, 1.82) is 0 Å². The second-order valence-electron chi connectivity index (χ2n) is 7.68. The summed E-state index contributed by atoms with van der Waals surface area (Å²) in [5.41, 5.74) is -0.171. The highest BCUT2D eigenvalue weighted by Gasteiger charge is 2.34. The lowest BCUT2D eigenvalue weighted by Crippen LogP contribution is -2.49. The number of carbonyl (C=O) groups excluding carboxylic acids is 1. The van der Waals surface area contributed by atoms with Gasteiger partial charge in [-0.1, -0.05) is 12.8 Å². The van der Waals surface area contributed by atoms with E-state index in [1.807, 2.05) is 27.7 Å². The maximum absolute atomic E-state index is 12.1. The third-order valence-electron chi connectivity index (χ3n) is 5.15. The monoisotopic (exact) mass is 354 g/mol. The van der Waals surface area contributed by atoms with Gasteiger partial charge in [0.25, 0.3) is 0 Å². The number of nitrogens with one attached hydrogen (secondary N) is 3. The zero-order valence-electron chi connectivity index (χ0n) is 16.8. The number of rotatable bonds is 10. The van der Waals surface area contributed by atoms with E-state index < -0.39 is 5.41 Å². The standard InChI is InChI=1S/C19H38N4O2/c1-6-21-16(24)18(3,4)14-22-17(20-5)23-15-19(10-8-9-11-19)12-13-25-7-2/h6-15H2,1-5H3,(H,21,24)(H2,20,22,23). The van der Waals surface area contributed by atoms with Gasteiger partial charge in [-0.2, -0.15) is 0 Å². The quantitative estimate of drug-likeness (QED) is 0.320. The molecule has 1 fully saturated rings. The van der Waals surface area contributed by atoms with E-state index in [1.54, 1.807) is 7.05 Å². The first-order chi connectivity index (χ1) is 11.9. The summed E-state index contributed by atoms with van der Waals surface area (Å²) in [6.07, 6.45) is 6.17. The predicted octanol–water partition coefficient (Wildman–Crippen LogP) is 2.30. The van der Waals surface area contributed by atoms with Crippen LogP contribution in [0.3, 0.4) is 0 Å². The Morgan fingerprint density at radius 1 is 1.16 bits per heavy atom. The van der Waals surface area contributed by atoms with E-state index in [0.29, 0.717) is 18.5 Å². The molecule has 0 heterocycles. The fraction of sp³-hybridized carbons (Fsp3) is 0.895. The molecule has 0 radical (unpaired) electrons. The number of ether oxygens (including phenoxy) is 1. The maximum Gasteiger partial charge on any atom is 0.227 e. The summed E-state index contributed by atoms with van der Waals surface area (Å²) in [5, 5.41) is 9.66. The van der Waals surface area contributed by atoms with Crippen LogP contribution in [0.25, 0.3) is 0 Å². The van der Waals surface area contributed by atoms with Gasteiger partial charge in [0, 0.05) is 39.9 Å². The molecule has 0 bridgehead atoms. The van der Waals surface area contributed by atoms with Gasteiger partial charge < -0.3 is 20.7 Å². The van der Waals surface area contributed by atoms with Crippen molar-refractivity contribution in [3.8, 4) is 0 Å². The summed E-state index contributed by atoms with van der Waals surface area (Å²) in [6, 6.07) is 0. The van der Waals surface area contributed by atoms with E-state index in [4.69, 9.17) is 4.74 Å². The van der Waals surface area contributed by atoms with Crippen LogP contribution in [0.5, 0.6) is 0 Å². The van der Waals surface area contributed by atoms with E-state index in [0.717, 1.165) is 32.1 Å². The number of hydrogen-bond acceptors (Lipinski definition) is 3. The molecule has 6 nitrogen and oxygen atoms in total. The van der Waals surface area contributed by atoms with E-state index in [2.05, 4.69) is 20.9 Å². The molecule has 0 aliphatic heterocycles. The molecule has 0 aromatic rings. The van der Waals surface area contributed by atoms with Crippen LogP contribution >= 0.6 is 0 Å². The van der Waals surface area contributed by atoms with Gasteiger partial charge in [-0.15, -0.1) is 0 Å². The Hall–Kier alpha value is -1.30. The van der Waals surface area contributed by atoms with Crippen molar-refractivity contribution in [1.82, 2.24) is 16.0 Å².